The third-order valence-electron chi connectivity index (χ3n) is 4.16. The van der Waals surface area contributed by atoms with Crippen LogP contribution in [-0.4, -0.2) is 20.9 Å². The van der Waals surface area contributed by atoms with Gasteiger partial charge in [0.25, 0.3) is 0 Å². The van der Waals surface area contributed by atoms with Crippen LogP contribution in [0.15, 0.2) is 60.7 Å². The molecule has 0 saturated carbocycles. The number of anilines is 1. The Morgan fingerprint density at radius 1 is 0.923 bits per heavy atom. The molecular weight excluding hydrogens is 324 g/mol. The van der Waals surface area contributed by atoms with Gasteiger partial charge in [-0.25, -0.2) is 0 Å². The Morgan fingerprint density at radius 2 is 1.62 bits per heavy atom. The maximum absolute atomic E-state index is 12.3. The second-order valence-corrected chi connectivity index (χ2v) is 6.25. The number of hydrogen-bond donors (Lipinski definition) is 1. The van der Waals surface area contributed by atoms with Gasteiger partial charge in [-0.3, -0.25) is 4.79 Å². The van der Waals surface area contributed by atoms with Crippen LogP contribution in [0.25, 0.3) is 16.9 Å². The molecule has 0 aliphatic carbocycles. The van der Waals surface area contributed by atoms with Crippen LogP contribution in [0.2, 0.25) is 0 Å². The van der Waals surface area contributed by atoms with Crippen molar-refractivity contribution in [2.24, 2.45) is 0 Å². The van der Waals surface area contributed by atoms with E-state index in [-0.39, 0.29) is 5.91 Å². The van der Waals surface area contributed by atoms with Gasteiger partial charge in [0.05, 0.1) is 5.69 Å². The van der Waals surface area contributed by atoms with Crippen LogP contribution < -0.4 is 5.32 Å². The van der Waals surface area contributed by atoms with Crippen LogP contribution >= 0.6 is 0 Å². The largest absolute Gasteiger partial charge is 0.307 e. The molecule has 5 heteroatoms. The molecule has 1 heterocycles. The Kier molecular flexibility index (Phi) is 6.14. The minimum absolute atomic E-state index is 0.0154. The minimum Gasteiger partial charge on any atom is -0.307 e. The van der Waals surface area contributed by atoms with Crippen molar-refractivity contribution in [2.75, 3.05) is 5.32 Å². The van der Waals surface area contributed by atoms with E-state index in [0.717, 1.165) is 36.9 Å². The van der Waals surface area contributed by atoms with Gasteiger partial charge in [0.15, 0.2) is 5.82 Å². The van der Waals surface area contributed by atoms with Gasteiger partial charge in [-0.2, -0.15) is 0 Å². The number of nitrogens with zero attached hydrogens (tertiary/aromatic N) is 3. The lowest BCUT2D eigenvalue weighted by Crippen LogP contribution is -2.12. The smallest absolute Gasteiger partial charge is 0.225 e. The van der Waals surface area contributed by atoms with Crippen molar-refractivity contribution in [1.82, 2.24) is 15.0 Å². The highest BCUT2D eigenvalue weighted by Gasteiger charge is 2.16. The van der Waals surface area contributed by atoms with Crippen LogP contribution in [0.5, 0.6) is 0 Å². The Labute approximate surface area is 154 Å². The van der Waals surface area contributed by atoms with Crippen molar-refractivity contribution in [3.63, 3.8) is 0 Å². The molecule has 1 aromatic heterocycles. The minimum atomic E-state index is -0.0154. The summed E-state index contributed by atoms with van der Waals surface area (Å²) in [6.07, 6.45) is 4.80. The molecule has 5 nitrogen and oxygen atoms in total. The highest BCUT2D eigenvalue weighted by molar-refractivity contribution is 5.93. The van der Waals surface area contributed by atoms with Crippen molar-refractivity contribution < 1.29 is 4.79 Å². The first kappa shape index (κ1) is 17.9. The van der Waals surface area contributed by atoms with Crippen molar-refractivity contribution in [2.45, 2.75) is 39.0 Å². The number of benzene rings is 2. The lowest BCUT2D eigenvalue weighted by Gasteiger charge is -2.04. The van der Waals surface area contributed by atoms with Crippen LogP contribution in [0.3, 0.4) is 0 Å². The summed E-state index contributed by atoms with van der Waals surface area (Å²) in [7, 11) is 0. The number of para-hydroxylation sites is 1. The predicted octanol–water partition coefficient (Wildman–Crippen LogP) is 4.84. The molecule has 0 atom stereocenters. The molecule has 0 spiro atoms. The van der Waals surface area contributed by atoms with E-state index in [1.165, 1.54) is 0 Å². The molecule has 3 rings (SSSR count). The molecule has 0 fully saturated rings. The molecule has 0 unspecified atom stereocenters. The Hall–Kier alpha value is -2.95. The second kappa shape index (κ2) is 8.94. The molecule has 0 radical (unpaired) electrons. The zero-order valence-electron chi connectivity index (χ0n) is 15.1. The van der Waals surface area contributed by atoms with Gasteiger partial charge in [0.2, 0.25) is 5.91 Å². The summed E-state index contributed by atoms with van der Waals surface area (Å²) in [4.78, 5) is 13.9. The topological polar surface area (TPSA) is 59.8 Å². The number of carbonyl (C=O) groups is 1. The molecule has 134 valence electrons. The third kappa shape index (κ3) is 4.57. The Balaban J connectivity index is 1.83. The molecule has 0 aliphatic heterocycles. The number of unbranched alkanes of at least 4 members (excludes halogenated alkanes) is 3. The van der Waals surface area contributed by atoms with E-state index in [1.807, 2.05) is 60.7 Å². The van der Waals surface area contributed by atoms with Gasteiger partial charge in [0, 0.05) is 12.0 Å². The maximum atomic E-state index is 12.3. The van der Waals surface area contributed by atoms with Gasteiger partial charge < -0.3 is 5.32 Å². The van der Waals surface area contributed by atoms with Crippen molar-refractivity contribution in [1.29, 1.82) is 0 Å². The summed E-state index contributed by atoms with van der Waals surface area (Å²) in [5.74, 6) is 0.485. The molecule has 26 heavy (non-hydrogen) atoms. The predicted molar refractivity (Wildman–Crippen MR) is 104 cm³/mol. The quantitative estimate of drug-likeness (QED) is 0.592. The van der Waals surface area contributed by atoms with Crippen LogP contribution in [0, 0.1) is 0 Å². The van der Waals surface area contributed by atoms with Crippen LogP contribution in [0.1, 0.15) is 39.0 Å². The summed E-state index contributed by atoms with van der Waals surface area (Å²) in [5, 5.41) is 12.1. The summed E-state index contributed by atoms with van der Waals surface area (Å²) < 4.78 is 0. The van der Waals surface area contributed by atoms with Gasteiger partial charge in [-0.05, 0) is 18.6 Å². The number of carbonyl (C=O) groups excluding carboxylic acids is 1. The molecule has 3 aromatic rings. The normalized spacial score (nSPS) is 10.7. The number of amides is 1. The van der Waals surface area contributed by atoms with E-state index in [1.54, 1.807) is 4.80 Å². The van der Waals surface area contributed by atoms with Gasteiger partial charge >= 0.3 is 0 Å². The molecule has 0 aliphatic rings. The summed E-state index contributed by atoms with van der Waals surface area (Å²) in [5.41, 5.74) is 2.46. The van der Waals surface area contributed by atoms with E-state index >= 15 is 0 Å². The summed E-state index contributed by atoms with van der Waals surface area (Å²) in [6, 6.07) is 19.5. The van der Waals surface area contributed by atoms with E-state index in [2.05, 4.69) is 22.4 Å². The number of hydrogen-bond acceptors (Lipinski definition) is 3. The van der Waals surface area contributed by atoms with E-state index < -0.39 is 0 Å². The van der Waals surface area contributed by atoms with Crippen LogP contribution in [0.4, 0.5) is 5.82 Å². The zero-order valence-corrected chi connectivity index (χ0v) is 15.1. The first-order chi connectivity index (χ1) is 12.8. The van der Waals surface area contributed by atoms with E-state index in [9.17, 15) is 4.79 Å². The van der Waals surface area contributed by atoms with E-state index in [4.69, 9.17) is 0 Å². The van der Waals surface area contributed by atoms with Gasteiger partial charge in [-0.15, -0.1) is 15.0 Å². The van der Waals surface area contributed by atoms with Crippen molar-refractivity contribution >= 4 is 11.7 Å². The molecule has 1 N–H and O–H groups in total. The fourth-order valence-electron chi connectivity index (χ4n) is 2.76. The first-order valence-corrected chi connectivity index (χ1v) is 9.16. The second-order valence-electron chi connectivity index (χ2n) is 6.25. The fourth-order valence-corrected chi connectivity index (χ4v) is 2.76. The average Bonchev–Trinajstić information content (AvgIpc) is 3.10. The third-order valence-corrected chi connectivity index (χ3v) is 4.16. The Morgan fingerprint density at radius 3 is 2.31 bits per heavy atom. The van der Waals surface area contributed by atoms with Crippen LogP contribution in [-0.2, 0) is 4.79 Å². The SMILES string of the molecule is CCCCCCC(=O)Nc1nn(-c2ccccc2)nc1-c1ccccc1. The van der Waals surface area contributed by atoms with Gasteiger partial charge in [-0.1, -0.05) is 74.7 Å². The van der Waals surface area contributed by atoms with Crippen molar-refractivity contribution in [3.8, 4) is 16.9 Å². The molecule has 0 bridgehead atoms. The lowest BCUT2D eigenvalue weighted by atomic mass is 10.1. The fraction of sp³-hybridized carbons (Fsp3) is 0.286. The van der Waals surface area contributed by atoms with E-state index in [0.29, 0.717) is 17.9 Å². The average molecular weight is 348 g/mol. The lowest BCUT2D eigenvalue weighted by molar-refractivity contribution is -0.116. The number of aromatic nitrogens is 3. The maximum Gasteiger partial charge on any atom is 0.225 e. The molecular formula is C21H24N4O. The first-order valence-electron chi connectivity index (χ1n) is 9.16. The highest BCUT2D eigenvalue weighted by atomic mass is 16.1. The molecule has 1 amide bonds. The Bertz CT molecular complexity index is 828. The number of rotatable bonds is 8. The monoisotopic (exact) mass is 348 g/mol. The molecule has 0 saturated heterocycles. The summed E-state index contributed by atoms with van der Waals surface area (Å²) >= 11 is 0. The zero-order chi connectivity index (χ0) is 18.2. The number of nitrogens with one attached hydrogen (secondary N) is 1. The van der Waals surface area contributed by atoms with Gasteiger partial charge in [0.1, 0.15) is 5.69 Å². The molecule has 2 aromatic carbocycles. The standard InChI is InChI=1S/C21H24N4O/c1-2-3-4-11-16-19(26)22-21-20(17-12-7-5-8-13-17)23-25(24-21)18-14-9-6-10-15-18/h5-10,12-15H,2-4,11,16H2,1H3,(H,22,24,26). The highest BCUT2D eigenvalue weighted by Crippen LogP contribution is 2.25. The van der Waals surface area contributed by atoms with Crippen molar-refractivity contribution in [3.05, 3.63) is 60.7 Å². The summed E-state index contributed by atoms with van der Waals surface area (Å²) in [6.45, 7) is 2.16.